The molecule has 0 spiro atoms. The summed E-state index contributed by atoms with van der Waals surface area (Å²) < 4.78 is 5.70. The van der Waals surface area contributed by atoms with Gasteiger partial charge in [-0.05, 0) is 19.4 Å². The number of rotatable bonds is 3. The molecule has 0 bridgehead atoms. The molecule has 14 heavy (non-hydrogen) atoms. The van der Waals surface area contributed by atoms with Gasteiger partial charge in [0.05, 0.1) is 24.6 Å². The molecule has 1 fully saturated rings. The van der Waals surface area contributed by atoms with Crippen molar-refractivity contribution >= 4 is 0 Å². The molecule has 76 valence electrons. The zero-order valence-electron chi connectivity index (χ0n) is 8.15. The van der Waals surface area contributed by atoms with Crippen molar-refractivity contribution < 1.29 is 4.74 Å². The maximum atomic E-state index is 5.70. The molecule has 0 aromatic carbocycles. The van der Waals surface area contributed by atoms with Gasteiger partial charge in [-0.1, -0.05) is 0 Å². The fourth-order valence-corrected chi connectivity index (χ4v) is 1.57. The van der Waals surface area contributed by atoms with Gasteiger partial charge in [-0.3, -0.25) is 9.97 Å². The van der Waals surface area contributed by atoms with E-state index in [9.17, 15) is 0 Å². The van der Waals surface area contributed by atoms with E-state index in [4.69, 9.17) is 4.74 Å². The smallest absolute Gasteiger partial charge is 0.0907 e. The van der Waals surface area contributed by atoms with Gasteiger partial charge in [-0.2, -0.15) is 0 Å². The van der Waals surface area contributed by atoms with Gasteiger partial charge in [0.25, 0.3) is 0 Å². The standard InChI is InChI=1S/C10H15N3O/c1-2-10(7-11-3-1)14-8-9-6-12-4-5-13-9/h4-6,10-11H,1-3,7-8H2/t10-/m1/s1. The topological polar surface area (TPSA) is 47.0 Å². The number of nitrogens with zero attached hydrogens (tertiary/aromatic N) is 2. The zero-order chi connectivity index (χ0) is 9.64. The molecule has 2 rings (SSSR count). The lowest BCUT2D eigenvalue weighted by Crippen LogP contribution is -2.35. The summed E-state index contributed by atoms with van der Waals surface area (Å²) in [5.41, 5.74) is 0.901. The molecule has 0 radical (unpaired) electrons. The van der Waals surface area contributed by atoms with Gasteiger partial charge in [0, 0.05) is 18.9 Å². The second-order valence-electron chi connectivity index (χ2n) is 3.48. The normalized spacial score (nSPS) is 22.1. The molecule has 2 heterocycles. The molecule has 1 atom stereocenters. The number of hydrogen-bond donors (Lipinski definition) is 1. The highest BCUT2D eigenvalue weighted by Crippen LogP contribution is 2.07. The summed E-state index contributed by atoms with van der Waals surface area (Å²) in [5, 5.41) is 3.31. The predicted octanol–water partition coefficient (Wildman–Crippen LogP) is 0.745. The van der Waals surface area contributed by atoms with Crippen LogP contribution in [0.15, 0.2) is 18.6 Å². The maximum absolute atomic E-state index is 5.70. The second-order valence-corrected chi connectivity index (χ2v) is 3.48. The molecule has 4 heteroatoms. The Morgan fingerprint density at radius 1 is 1.50 bits per heavy atom. The number of nitrogens with one attached hydrogen (secondary N) is 1. The minimum atomic E-state index is 0.339. The lowest BCUT2D eigenvalue weighted by molar-refractivity contribution is 0.0235. The number of piperidine rings is 1. The number of ether oxygens (including phenoxy) is 1. The summed E-state index contributed by atoms with van der Waals surface area (Å²) in [4.78, 5) is 8.15. The van der Waals surface area contributed by atoms with Crippen molar-refractivity contribution in [1.29, 1.82) is 0 Å². The third-order valence-electron chi connectivity index (χ3n) is 2.34. The van der Waals surface area contributed by atoms with Gasteiger partial charge < -0.3 is 10.1 Å². The maximum Gasteiger partial charge on any atom is 0.0907 e. The first kappa shape index (κ1) is 9.55. The Morgan fingerprint density at radius 2 is 2.50 bits per heavy atom. The minimum absolute atomic E-state index is 0.339. The molecule has 0 amide bonds. The lowest BCUT2D eigenvalue weighted by Gasteiger charge is -2.22. The average molecular weight is 193 g/mol. The largest absolute Gasteiger partial charge is 0.371 e. The zero-order valence-corrected chi connectivity index (χ0v) is 8.15. The summed E-state index contributed by atoms with van der Waals surface area (Å²) in [6.07, 6.45) is 7.80. The Kier molecular flexibility index (Phi) is 3.43. The van der Waals surface area contributed by atoms with Gasteiger partial charge in [0.15, 0.2) is 0 Å². The third kappa shape index (κ3) is 2.75. The second kappa shape index (κ2) is 5.02. The molecule has 1 aromatic rings. The molecule has 0 unspecified atom stereocenters. The Morgan fingerprint density at radius 3 is 3.21 bits per heavy atom. The van der Waals surface area contributed by atoms with E-state index < -0.39 is 0 Å². The average Bonchev–Trinajstić information content (AvgIpc) is 2.29. The van der Waals surface area contributed by atoms with Gasteiger partial charge in [-0.25, -0.2) is 0 Å². The summed E-state index contributed by atoms with van der Waals surface area (Å²) in [7, 11) is 0. The van der Waals surface area contributed by atoms with Gasteiger partial charge in [0.2, 0.25) is 0 Å². The number of hydrogen-bond acceptors (Lipinski definition) is 4. The van der Waals surface area contributed by atoms with E-state index in [0.29, 0.717) is 12.7 Å². The molecular weight excluding hydrogens is 178 g/mol. The van der Waals surface area contributed by atoms with E-state index in [1.165, 1.54) is 6.42 Å². The van der Waals surface area contributed by atoms with Crippen LogP contribution in [0.4, 0.5) is 0 Å². The van der Waals surface area contributed by atoms with Crippen molar-refractivity contribution in [1.82, 2.24) is 15.3 Å². The van der Waals surface area contributed by atoms with Crippen LogP contribution in [0.2, 0.25) is 0 Å². The van der Waals surface area contributed by atoms with E-state index in [1.807, 2.05) is 0 Å². The van der Waals surface area contributed by atoms with Crippen LogP contribution in [0.5, 0.6) is 0 Å². The van der Waals surface area contributed by atoms with E-state index in [-0.39, 0.29) is 0 Å². The van der Waals surface area contributed by atoms with E-state index in [0.717, 1.165) is 25.2 Å². The Bertz CT molecular complexity index is 259. The predicted molar refractivity (Wildman–Crippen MR) is 52.7 cm³/mol. The molecule has 1 aliphatic heterocycles. The van der Waals surface area contributed by atoms with Crippen LogP contribution >= 0.6 is 0 Å². The SMILES string of the molecule is c1cnc(CO[C@@H]2CCCNC2)cn1. The van der Waals surface area contributed by atoms with Crippen molar-refractivity contribution in [2.75, 3.05) is 13.1 Å². The fourth-order valence-electron chi connectivity index (χ4n) is 1.57. The molecular formula is C10H15N3O. The van der Waals surface area contributed by atoms with Crippen LogP contribution in [0, 0.1) is 0 Å². The molecule has 0 saturated carbocycles. The molecule has 4 nitrogen and oxygen atoms in total. The van der Waals surface area contributed by atoms with Gasteiger partial charge >= 0.3 is 0 Å². The number of aromatic nitrogens is 2. The molecule has 1 aromatic heterocycles. The van der Waals surface area contributed by atoms with E-state index >= 15 is 0 Å². The Balaban J connectivity index is 1.76. The van der Waals surface area contributed by atoms with Crippen LogP contribution < -0.4 is 5.32 Å². The van der Waals surface area contributed by atoms with Gasteiger partial charge in [0.1, 0.15) is 0 Å². The van der Waals surface area contributed by atoms with Crippen molar-refractivity contribution in [3.05, 3.63) is 24.3 Å². The molecule has 1 saturated heterocycles. The van der Waals surface area contributed by atoms with Crippen molar-refractivity contribution in [2.45, 2.75) is 25.6 Å². The first-order valence-electron chi connectivity index (χ1n) is 5.02. The minimum Gasteiger partial charge on any atom is -0.371 e. The fraction of sp³-hybridized carbons (Fsp3) is 0.600. The summed E-state index contributed by atoms with van der Waals surface area (Å²) >= 11 is 0. The summed E-state index contributed by atoms with van der Waals surface area (Å²) in [6.45, 7) is 2.64. The van der Waals surface area contributed by atoms with Crippen LogP contribution in [0.3, 0.4) is 0 Å². The van der Waals surface area contributed by atoms with Gasteiger partial charge in [-0.15, -0.1) is 0 Å². The Hall–Kier alpha value is -1.00. The highest BCUT2D eigenvalue weighted by atomic mass is 16.5. The van der Waals surface area contributed by atoms with Crippen LogP contribution in [0.25, 0.3) is 0 Å². The quantitative estimate of drug-likeness (QED) is 0.769. The first-order chi connectivity index (χ1) is 6.95. The monoisotopic (exact) mass is 193 g/mol. The van der Waals surface area contributed by atoms with E-state index in [2.05, 4.69) is 15.3 Å². The molecule has 0 aliphatic carbocycles. The molecule has 1 aliphatic rings. The summed E-state index contributed by atoms with van der Waals surface area (Å²) in [6, 6.07) is 0. The highest BCUT2D eigenvalue weighted by molar-refractivity contribution is 4.92. The van der Waals surface area contributed by atoms with Crippen LogP contribution in [0.1, 0.15) is 18.5 Å². The van der Waals surface area contributed by atoms with Crippen LogP contribution in [-0.4, -0.2) is 29.2 Å². The van der Waals surface area contributed by atoms with Crippen molar-refractivity contribution in [2.24, 2.45) is 0 Å². The van der Waals surface area contributed by atoms with E-state index in [1.54, 1.807) is 18.6 Å². The van der Waals surface area contributed by atoms with Crippen molar-refractivity contribution in [3.63, 3.8) is 0 Å². The first-order valence-corrected chi connectivity index (χ1v) is 5.02. The van der Waals surface area contributed by atoms with Crippen LogP contribution in [-0.2, 0) is 11.3 Å². The van der Waals surface area contributed by atoms with Crippen molar-refractivity contribution in [3.8, 4) is 0 Å². The summed E-state index contributed by atoms with van der Waals surface area (Å²) in [5.74, 6) is 0. The molecule has 1 N–H and O–H groups in total. The Labute approximate surface area is 83.7 Å². The highest BCUT2D eigenvalue weighted by Gasteiger charge is 2.12. The third-order valence-corrected chi connectivity index (χ3v) is 2.34. The lowest BCUT2D eigenvalue weighted by atomic mass is 10.1.